The van der Waals surface area contributed by atoms with Crippen molar-refractivity contribution in [3.63, 3.8) is 0 Å². The maximum atomic E-state index is 13.2. The van der Waals surface area contributed by atoms with Gasteiger partial charge < -0.3 is 15.5 Å². The average Bonchev–Trinajstić information content (AvgIpc) is 2.76. The topological polar surface area (TPSA) is 68.1 Å². The fourth-order valence-electron chi connectivity index (χ4n) is 2.74. The summed E-state index contributed by atoms with van der Waals surface area (Å²) in [5.41, 5.74) is 7.96. The third kappa shape index (κ3) is 2.07. The summed E-state index contributed by atoms with van der Waals surface area (Å²) >= 11 is 0. The second-order valence-electron chi connectivity index (χ2n) is 4.88. The number of nitrogens with one attached hydrogen (secondary N) is 1. The van der Waals surface area contributed by atoms with Crippen LogP contribution in [0.25, 0.3) is 10.9 Å². The van der Waals surface area contributed by atoms with Gasteiger partial charge in [0.15, 0.2) is 0 Å². The summed E-state index contributed by atoms with van der Waals surface area (Å²) in [5, 5.41) is 0.809. The van der Waals surface area contributed by atoms with Crippen molar-refractivity contribution in [1.82, 2.24) is 4.98 Å². The van der Waals surface area contributed by atoms with E-state index < -0.39 is 6.67 Å². The van der Waals surface area contributed by atoms with Crippen LogP contribution in [-0.4, -0.2) is 24.3 Å². The predicted octanol–water partition coefficient (Wildman–Crippen LogP) is 2.03. The summed E-state index contributed by atoms with van der Waals surface area (Å²) in [6.45, 7) is 1.67. The zero-order chi connectivity index (χ0) is 13.6. The lowest BCUT2D eigenvalue weighted by molar-refractivity contribution is 0.198. The van der Waals surface area contributed by atoms with Crippen LogP contribution in [0.4, 0.5) is 4.39 Å². The number of rotatable bonds is 2. The van der Waals surface area contributed by atoms with Crippen molar-refractivity contribution >= 4 is 23.3 Å². The van der Waals surface area contributed by atoms with Gasteiger partial charge in [-0.1, -0.05) is 0 Å². The third-order valence-corrected chi connectivity index (χ3v) is 3.71. The highest BCUT2D eigenvalue weighted by Crippen LogP contribution is 2.43. The van der Waals surface area contributed by atoms with Crippen molar-refractivity contribution in [2.45, 2.75) is 18.9 Å². The Kier molecular flexibility index (Phi) is 4.01. The van der Waals surface area contributed by atoms with E-state index in [0.29, 0.717) is 5.75 Å². The molecule has 0 fully saturated rings. The van der Waals surface area contributed by atoms with Gasteiger partial charge in [0.25, 0.3) is 0 Å². The second-order valence-corrected chi connectivity index (χ2v) is 4.88. The van der Waals surface area contributed by atoms with Gasteiger partial charge in [-0.25, -0.2) is 0 Å². The molecule has 1 aliphatic rings. The molecule has 108 valence electrons. The minimum atomic E-state index is -0.497. The maximum Gasteiger partial charge on any atom is 0.248 e. The van der Waals surface area contributed by atoms with E-state index in [-0.39, 0.29) is 36.5 Å². The Balaban J connectivity index is 0.00000147. The van der Waals surface area contributed by atoms with Crippen molar-refractivity contribution in [3.05, 3.63) is 39.7 Å². The number of halogens is 2. The molecular formula is C14H16ClFN2O2. The standard InChI is InChI=1S/C14H15FN2O2.ClH/c1-7-4-9-10(5-15)11(6-16)19-14(9)8-2-3-12(18)17-13(7)8;/h2-4,10-11H,5-6,16H2,1H3,(H,17,18);1H. The highest BCUT2D eigenvalue weighted by atomic mass is 35.5. The molecule has 1 aromatic carbocycles. The molecule has 1 aromatic heterocycles. The summed E-state index contributed by atoms with van der Waals surface area (Å²) in [4.78, 5) is 14.2. The van der Waals surface area contributed by atoms with E-state index in [9.17, 15) is 9.18 Å². The molecule has 2 atom stereocenters. The van der Waals surface area contributed by atoms with Gasteiger partial charge >= 0.3 is 0 Å². The Morgan fingerprint density at radius 3 is 2.85 bits per heavy atom. The summed E-state index contributed by atoms with van der Waals surface area (Å²) in [6, 6.07) is 5.05. The molecule has 4 nitrogen and oxygen atoms in total. The molecule has 0 spiro atoms. The molecular weight excluding hydrogens is 283 g/mol. The van der Waals surface area contributed by atoms with Crippen LogP contribution in [0, 0.1) is 6.92 Å². The molecule has 0 saturated heterocycles. The Morgan fingerprint density at radius 2 is 2.20 bits per heavy atom. The molecule has 6 heteroatoms. The van der Waals surface area contributed by atoms with E-state index in [4.69, 9.17) is 10.5 Å². The molecule has 0 aliphatic carbocycles. The first kappa shape index (κ1) is 14.8. The highest BCUT2D eigenvalue weighted by Gasteiger charge is 2.35. The van der Waals surface area contributed by atoms with Gasteiger partial charge in [-0.3, -0.25) is 9.18 Å². The van der Waals surface area contributed by atoms with Crippen LogP contribution in [0.1, 0.15) is 17.0 Å². The minimum Gasteiger partial charge on any atom is -0.487 e. The number of benzene rings is 1. The van der Waals surface area contributed by atoms with E-state index >= 15 is 0 Å². The van der Waals surface area contributed by atoms with Crippen LogP contribution >= 0.6 is 12.4 Å². The second kappa shape index (κ2) is 5.42. The van der Waals surface area contributed by atoms with Crippen molar-refractivity contribution in [2.24, 2.45) is 5.73 Å². The van der Waals surface area contributed by atoms with Crippen LogP contribution in [0.2, 0.25) is 0 Å². The zero-order valence-corrected chi connectivity index (χ0v) is 11.8. The lowest BCUT2D eigenvalue weighted by Gasteiger charge is -2.13. The molecule has 3 rings (SSSR count). The lowest BCUT2D eigenvalue weighted by atomic mass is 9.93. The van der Waals surface area contributed by atoms with Crippen LogP contribution < -0.4 is 16.0 Å². The average molecular weight is 299 g/mol. The zero-order valence-electron chi connectivity index (χ0n) is 11.0. The fraction of sp³-hybridized carbons (Fsp3) is 0.357. The first-order valence-electron chi connectivity index (χ1n) is 6.25. The first-order chi connectivity index (χ1) is 9.15. The van der Waals surface area contributed by atoms with Gasteiger partial charge in [0.1, 0.15) is 11.9 Å². The van der Waals surface area contributed by atoms with E-state index in [1.165, 1.54) is 6.07 Å². The van der Waals surface area contributed by atoms with Crippen molar-refractivity contribution < 1.29 is 9.13 Å². The van der Waals surface area contributed by atoms with Gasteiger partial charge in [-0.15, -0.1) is 12.4 Å². The Hall–Kier alpha value is -1.59. The predicted molar refractivity (Wildman–Crippen MR) is 78.7 cm³/mol. The summed E-state index contributed by atoms with van der Waals surface area (Å²) in [7, 11) is 0. The molecule has 3 N–H and O–H groups in total. The quantitative estimate of drug-likeness (QED) is 0.891. The van der Waals surface area contributed by atoms with Gasteiger partial charge in [-0.2, -0.15) is 0 Å². The largest absolute Gasteiger partial charge is 0.487 e. The third-order valence-electron chi connectivity index (χ3n) is 3.71. The Morgan fingerprint density at radius 1 is 1.45 bits per heavy atom. The molecule has 0 amide bonds. The minimum absolute atomic E-state index is 0. The van der Waals surface area contributed by atoms with Crippen LogP contribution in [0.15, 0.2) is 23.0 Å². The molecule has 0 bridgehead atoms. The number of nitrogens with two attached hydrogens (primary N) is 1. The molecule has 0 saturated carbocycles. The van der Waals surface area contributed by atoms with Crippen LogP contribution in [0.5, 0.6) is 5.75 Å². The molecule has 2 heterocycles. The number of ether oxygens (including phenoxy) is 1. The molecule has 2 unspecified atom stereocenters. The van der Waals surface area contributed by atoms with Crippen molar-refractivity contribution in [1.29, 1.82) is 0 Å². The van der Waals surface area contributed by atoms with Gasteiger partial charge in [0, 0.05) is 23.6 Å². The van der Waals surface area contributed by atoms with E-state index in [2.05, 4.69) is 4.98 Å². The van der Waals surface area contributed by atoms with Crippen molar-refractivity contribution in [2.75, 3.05) is 13.2 Å². The number of hydrogen-bond donors (Lipinski definition) is 2. The monoisotopic (exact) mass is 298 g/mol. The van der Waals surface area contributed by atoms with Crippen LogP contribution in [-0.2, 0) is 0 Å². The Bertz CT molecular complexity index is 701. The van der Waals surface area contributed by atoms with Crippen molar-refractivity contribution in [3.8, 4) is 5.75 Å². The number of hydrogen-bond acceptors (Lipinski definition) is 3. The molecule has 2 aromatic rings. The van der Waals surface area contributed by atoms with E-state index in [1.54, 1.807) is 6.07 Å². The lowest BCUT2D eigenvalue weighted by Crippen LogP contribution is -2.29. The number of aryl methyl sites for hydroxylation is 1. The maximum absolute atomic E-state index is 13.2. The van der Waals surface area contributed by atoms with Crippen LogP contribution in [0.3, 0.4) is 0 Å². The van der Waals surface area contributed by atoms with E-state index in [0.717, 1.165) is 22.0 Å². The molecule has 1 aliphatic heterocycles. The van der Waals surface area contributed by atoms with Gasteiger partial charge in [0.05, 0.1) is 18.1 Å². The Labute approximate surface area is 121 Å². The number of aromatic nitrogens is 1. The number of aromatic amines is 1. The first-order valence-corrected chi connectivity index (χ1v) is 6.25. The normalized spacial score (nSPS) is 20.4. The number of H-pyrrole nitrogens is 1. The van der Waals surface area contributed by atoms with Gasteiger partial charge in [0.2, 0.25) is 5.56 Å². The van der Waals surface area contributed by atoms with Gasteiger partial charge in [-0.05, 0) is 24.6 Å². The number of pyridine rings is 1. The number of alkyl halides is 1. The highest BCUT2D eigenvalue weighted by molar-refractivity contribution is 5.89. The molecule has 20 heavy (non-hydrogen) atoms. The van der Waals surface area contributed by atoms with E-state index in [1.807, 2.05) is 13.0 Å². The summed E-state index contributed by atoms with van der Waals surface area (Å²) in [5.74, 6) is 0.324. The molecule has 0 radical (unpaired) electrons. The smallest absolute Gasteiger partial charge is 0.248 e. The summed E-state index contributed by atoms with van der Waals surface area (Å²) < 4.78 is 19.0. The SMILES string of the molecule is Cc1cc2c(c3ccc(=O)[nH]c13)OC(CN)C2CF.Cl. The summed E-state index contributed by atoms with van der Waals surface area (Å²) in [6.07, 6.45) is -0.336. The fourth-order valence-corrected chi connectivity index (χ4v) is 2.74. The number of fused-ring (bicyclic) bond motifs is 3.